The molecular weight excluding hydrogens is 230 g/mol. The molecule has 0 saturated heterocycles. The van der Waals surface area contributed by atoms with Crippen LogP contribution in [-0.2, 0) is 14.8 Å². The molecule has 0 saturated carbocycles. The monoisotopic (exact) mass is 245 g/mol. The number of aromatic nitrogens is 1. The zero-order chi connectivity index (χ0) is 12.0. The maximum Gasteiger partial charge on any atom is 0.243 e. The van der Waals surface area contributed by atoms with Crippen LogP contribution in [0.4, 0.5) is 5.82 Å². The van der Waals surface area contributed by atoms with Gasteiger partial charge in [0.1, 0.15) is 10.7 Å². The van der Waals surface area contributed by atoms with Crippen molar-refractivity contribution in [3.63, 3.8) is 0 Å². The first-order valence-electron chi connectivity index (χ1n) is 4.73. The number of rotatable bonds is 6. The molecule has 0 spiro atoms. The van der Waals surface area contributed by atoms with Crippen LogP contribution in [0.2, 0.25) is 0 Å². The first kappa shape index (κ1) is 12.9. The lowest BCUT2D eigenvalue weighted by Crippen LogP contribution is -2.21. The summed E-state index contributed by atoms with van der Waals surface area (Å²) in [4.78, 5) is 4.11. The van der Waals surface area contributed by atoms with Gasteiger partial charge < -0.3 is 10.1 Å². The summed E-state index contributed by atoms with van der Waals surface area (Å²) < 4.78 is 30.4. The highest BCUT2D eigenvalue weighted by Crippen LogP contribution is 2.16. The number of sulfonamides is 1. The first-order chi connectivity index (χ1) is 7.61. The highest BCUT2D eigenvalue weighted by atomic mass is 32.2. The molecular formula is C9H15N3O3S. The van der Waals surface area contributed by atoms with E-state index in [1.165, 1.54) is 19.3 Å². The van der Waals surface area contributed by atoms with Gasteiger partial charge in [0, 0.05) is 19.9 Å². The first-order valence-corrected chi connectivity index (χ1v) is 6.21. The Morgan fingerprint density at radius 3 is 2.88 bits per heavy atom. The van der Waals surface area contributed by atoms with E-state index in [2.05, 4.69) is 15.0 Å². The van der Waals surface area contributed by atoms with Gasteiger partial charge >= 0.3 is 0 Å². The molecule has 0 atom stereocenters. The molecule has 1 heterocycles. The second-order valence-electron chi connectivity index (χ2n) is 2.98. The third-order valence-electron chi connectivity index (χ3n) is 1.93. The van der Waals surface area contributed by atoms with Crippen molar-refractivity contribution in [1.29, 1.82) is 0 Å². The third kappa shape index (κ3) is 3.16. The molecule has 0 unspecified atom stereocenters. The predicted octanol–water partition coefficient (Wildman–Crippen LogP) is 0.0480. The molecule has 7 heteroatoms. The minimum Gasteiger partial charge on any atom is -0.383 e. The largest absolute Gasteiger partial charge is 0.383 e. The number of hydrogen-bond acceptors (Lipinski definition) is 5. The van der Waals surface area contributed by atoms with Crippen LogP contribution in [0.25, 0.3) is 0 Å². The van der Waals surface area contributed by atoms with Crippen molar-refractivity contribution in [3.8, 4) is 0 Å². The standard InChI is InChI=1S/C9H15N3O3S/c1-10-16(13,14)8-4-3-5-11-9(8)12-6-7-15-2/h3-5,10H,6-7H2,1-2H3,(H,11,12). The van der Waals surface area contributed by atoms with Gasteiger partial charge in [0.05, 0.1) is 6.61 Å². The van der Waals surface area contributed by atoms with Gasteiger partial charge in [0.15, 0.2) is 0 Å². The van der Waals surface area contributed by atoms with Gasteiger partial charge in [-0.25, -0.2) is 18.1 Å². The summed E-state index contributed by atoms with van der Waals surface area (Å²) in [7, 11) is -0.545. The van der Waals surface area contributed by atoms with Crippen LogP contribution in [0.3, 0.4) is 0 Å². The second kappa shape index (κ2) is 5.78. The van der Waals surface area contributed by atoms with Gasteiger partial charge in [-0.1, -0.05) is 0 Å². The lowest BCUT2D eigenvalue weighted by atomic mass is 10.4. The van der Waals surface area contributed by atoms with Gasteiger partial charge in [0.2, 0.25) is 10.0 Å². The summed E-state index contributed by atoms with van der Waals surface area (Å²) in [6.45, 7) is 0.982. The molecule has 16 heavy (non-hydrogen) atoms. The Bertz CT molecular complexity index is 433. The van der Waals surface area contributed by atoms with Gasteiger partial charge in [0.25, 0.3) is 0 Å². The van der Waals surface area contributed by atoms with Crippen molar-refractivity contribution in [3.05, 3.63) is 18.3 Å². The lowest BCUT2D eigenvalue weighted by molar-refractivity contribution is 0.210. The molecule has 1 rings (SSSR count). The zero-order valence-corrected chi connectivity index (χ0v) is 10.0. The van der Waals surface area contributed by atoms with E-state index in [1.807, 2.05) is 0 Å². The molecule has 0 fully saturated rings. The smallest absolute Gasteiger partial charge is 0.243 e. The Balaban J connectivity index is 2.92. The number of ether oxygens (including phenoxy) is 1. The molecule has 6 nitrogen and oxygen atoms in total. The van der Waals surface area contributed by atoms with E-state index >= 15 is 0 Å². The van der Waals surface area contributed by atoms with E-state index < -0.39 is 10.0 Å². The Morgan fingerprint density at radius 1 is 1.50 bits per heavy atom. The van der Waals surface area contributed by atoms with Crippen molar-refractivity contribution < 1.29 is 13.2 Å². The van der Waals surface area contributed by atoms with E-state index in [4.69, 9.17) is 4.74 Å². The van der Waals surface area contributed by atoms with Crippen LogP contribution in [0, 0.1) is 0 Å². The van der Waals surface area contributed by atoms with Crippen LogP contribution < -0.4 is 10.0 Å². The number of methoxy groups -OCH3 is 1. The fraction of sp³-hybridized carbons (Fsp3) is 0.444. The van der Waals surface area contributed by atoms with Crippen molar-refractivity contribution in [2.75, 3.05) is 32.6 Å². The average Bonchev–Trinajstić information content (AvgIpc) is 2.30. The summed E-state index contributed by atoms with van der Waals surface area (Å²) in [5.41, 5.74) is 0. The van der Waals surface area contributed by atoms with E-state index in [-0.39, 0.29) is 4.90 Å². The molecule has 1 aromatic heterocycles. The molecule has 0 amide bonds. The second-order valence-corrected chi connectivity index (χ2v) is 4.83. The molecule has 0 aliphatic carbocycles. The summed E-state index contributed by atoms with van der Waals surface area (Å²) >= 11 is 0. The van der Waals surface area contributed by atoms with Crippen LogP contribution >= 0.6 is 0 Å². The molecule has 90 valence electrons. The number of nitrogens with one attached hydrogen (secondary N) is 2. The Morgan fingerprint density at radius 2 is 2.25 bits per heavy atom. The van der Waals surface area contributed by atoms with Gasteiger partial charge in [-0.2, -0.15) is 0 Å². The van der Waals surface area contributed by atoms with Crippen molar-refractivity contribution in [1.82, 2.24) is 9.71 Å². The van der Waals surface area contributed by atoms with E-state index in [0.29, 0.717) is 19.0 Å². The summed E-state index contributed by atoms with van der Waals surface area (Å²) in [6, 6.07) is 3.07. The Hall–Kier alpha value is -1.18. The average molecular weight is 245 g/mol. The number of nitrogens with zero attached hydrogens (tertiary/aromatic N) is 1. The predicted molar refractivity (Wildman–Crippen MR) is 60.8 cm³/mol. The number of anilines is 1. The Labute approximate surface area is 95.1 Å². The summed E-state index contributed by atoms with van der Waals surface area (Å²) in [5.74, 6) is 0.328. The molecule has 0 aromatic carbocycles. The number of hydrogen-bond donors (Lipinski definition) is 2. The van der Waals surface area contributed by atoms with Crippen LogP contribution in [0.15, 0.2) is 23.2 Å². The summed E-state index contributed by atoms with van der Waals surface area (Å²) in [6.07, 6.45) is 1.53. The van der Waals surface area contributed by atoms with Crippen molar-refractivity contribution >= 4 is 15.8 Å². The maximum atomic E-state index is 11.6. The number of pyridine rings is 1. The van der Waals surface area contributed by atoms with Crippen LogP contribution in [0.5, 0.6) is 0 Å². The van der Waals surface area contributed by atoms with E-state index in [9.17, 15) is 8.42 Å². The topological polar surface area (TPSA) is 80.3 Å². The van der Waals surface area contributed by atoms with E-state index in [0.717, 1.165) is 0 Å². The summed E-state index contributed by atoms with van der Waals surface area (Å²) in [5, 5.41) is 2.90. The fourth-order valence-electron chi connectivity index (χ4n) is 1.12. The molecule has 1 aromatic rings. The quantitative estimate of drug-likeness (QED) is 0.692. The van der Waals surface area contributed by atoms with Crippen molar-refractivity contribution in [2.24, 2.45) is 0 Å². The van der Waals surface area contributed by atoms with Gasteiger partial charge in [-0.15, -0.1) is 0 Å². The lowest BCUT2D eigenvalue weighted by Gasteiger charge is -2.10. The molecule has 0 aliphatic rings. The minimum absolute atomic E-state index is 0.133. The molecule has 0 bridgehead atoms. The Kier molecular flexibility index (Phi) is 4.66. The van der Waals surface area contributed by atoms with Gasteiger partial charge in [-0.05, 0) is 19.2 Å². The SMILES string of the molecule is CNS(=O)(=O)c1cccnc1NCCOC. The fourth-order valence-corrected chi connectivity index (χ4v) is 1.98. The van der Waals surface area contributed by atoms with Crippen LogP contribution in [0.1, 0.15) is 0 Å². The highest BCUT2D eigenvalue weighted by Gasteiger charge is 2.16. The molecule has 2 N–H and O–H groups in total. The van der Waals surface area contributed by atoms with Crippen LogP contribution in [-0.4, -0.2) is 40.7 Å². The zero-order valence-electron chi connectivity index (χ0n) is 9.23. The normalized spacial score (nSPS) is 11.4. The van der Waals surface area contributed by atoms with Crippen molar-refractivity contribution in [2.45, 2.75) is 4.90 Å². The minimum atomic E-state index is -3.48. The van der Waals surface area contributed by atoms with Gasteiger partial charge in [-0.3, -0.25) is 0 Å². The third-order valence-corrected chi connectivity index (χ3v) is 3.37. The molecule has 0 radical (unpaired) electrons. The van der Waals surface area contributed by atoms with E-state index in [1.54, 1.807) is 13.2 Å². The maximum absolute atomic E-state index is 11.6. The highest BCUT2D eigenvalue weighted by molar-refractivity contribution is 7.89. The molecule has 0 aliphatic heterocycles.